The van der Waals surface area contributed by atoms with Crippen LogP contribution >= 0.6 is 0 Å². The number of aromatic amines is 1. The van der Waals surface area contributed by atoms with E-state index in [1.165, 1.54) is 0 Å². The van der Waals surface area contributed by atoms with E-state index in [9.17, 15) is 9.90 Å². The second-order valence-electron chi connectivity index (χ2n) is 4.23. The summed E-state index contributed by atoms with van der Waals surface area (Å²) in [5.74, 6) is -1.21. The number of carbonyl (C=O) groups is 1. The lowest BCUT2D eigenvalue weighted by Crippen LogP contribution is -2.22. The highest BCUT2D eigenvalue weighted by molar-refractivity contribution is 5.95. The summed E-state index contributed by atoms with van der Waals surface area (Å²) in [6.07, 6.45) is 6.53. The van der Waals surface area contributed by atoms with Crippen LogP contribution in [0.1, 0.15) is 10.4 Å². The van der Waals surface area contributed by atoms with Gasteiger partial charge in [-0.25, -0.2) is 0 Å². The Morgan fingerprint density at radius 1 is 0.950 bits per heavy atom. The second kappa shape index (κ2) is 4.97. The molecule has 5 heteroatoms. The molecule has 0 unspecified atom stereocenters. The van der Waals surface area contributed by atoms with Gasteiger partial charge in [-0.15, -0.1) is 0 Å². The first kappa shape index (κ1) is 12.1. The molecule has 0 aliphatic rings. The molecule has 20 heavy (non-hydrogen) atoms. The summed E-state index contributed by atoms with van der Waals surface area (Å²) in [7, 11) is 0. The van der Waals surface area contributed by atoms with Crippen molar-refractivity contribution in [1.82, 2.24) is 15.0 Å². The van der Waals surface area contributed by atoms with E-state index in [2.05, 4.69) is 15.0 Å². The summed E-state index contributed by atoms with van der Waals surface area (Å²) in [5, 5.41) is 11.3. The Labute approximate surface area is 115 Å². The third kappa shape index (κ3) is 2.16. The van der Waals surface area contributed by atoms with E-state index in [0.29, 0.717) is 11.4 Å². The zero-order valence-corrected chi connectivity index (χ0v) is 10.4. The van der Waals surface area contributed by atoms with Gasteiger partial charge in [0.15, 0.2) is 0 Å². The molecule has 0 amide bonds. The van der Waals surface area contributed by atoms with Crippen molar-refractivity contribution in [2.45, 2.75) is 0 Å². The number of aromatic carboxylic acids is 1. The van der Waals surface area contributed by atoms with Gasteiger partial charge in [-0.2, -0.15) is 0 Å². The van der Waals surface area contributed by atoms with E-state index in [1.807, 2.05) is 0 Å². The number of nitrogens with zero attached hydrogens (tertiary/aromatic N) is 2. The van der Waals surface area contributed by atoms with Crippen LogP contribution in [-0.4, -0.2) is 20.9 Å². The number of nitrogens with one attached hydrogen (secondary N) is 1. The van der Waals surface area contributed by atoms with E-state index < -0.39 is 5.97 Å². The van der Waals surface area contributed by atoms with Gasteiger partial charge in [-0.1, -0.05) is 0 Å². The standard InChI is InChI=1S/C15H11N3O2/c19-15(20)12-9-13(10-1-5-16-6-2-10)18-14(12)11-3-7-17-8-4-11/h1-9,18H,(H,19,20)/p-1. The number of aromatic nitrogens is 3. The Morgan fingerprint density at radius 2 is 1.50 bits per heavy atom. The minimum atomic E-state index is -1.21. The van der Waals surface area contributed by atoms with Crippen LogP contribution in [0.25, 0.3) is 22.5 Å². The molecule has 0 bridgehead atoms. The summed E-state index contributed by atoms with van der Waals surface area (Å²) in [5.41, 5.74) is 2.96. The Balaban J connectivity index is 2.15. The van der Waals surface area contributed by atoms with Gasteiger partial charge in [0.25, 0.3) is 0 Å². The molecular weight excluding hydrogens is 254 g/mol. The molecule has 0 saturated carbocycles. The van der Waals surface area contributed by atoms with Gasteiger partial charge in [-0.3, -0.25) is 9.97 Å². The van der Waals surface area contributed by atoms with Crippen LogP contribution in [0.4, 0.5) is 0 Å². The van der Waals surface area contributed by atoms with Crippen molar-refractivity contribution in [1.29, 1.82) is 0 Å². The number of hydrogen-bond donors (Lipinski definition) is 1. The van der Waals surface area contributed by atoms with Crippen LogP contribution in [0.3, 0.4) is 0 Å². The van der Waals surface area contributed by atoms with Crippen LogP contribution in [0.2, 0.25) is 0 Å². The van der Waals surface area contributed by atoms with Crippen molar-refractivity contribution in [3.05, 3.63) is 60.7 Å². The summed E-state index contributed by atoms with van der Waals surface area (Å²) in [6.45, 7) is 0. The van der Waals surface area contributed by atoms with Crippen LogP contribution in [-0.2, 0) is 0 Å². The fourth-order valence-electron chi connectivity index (χ4n) is 2.05. The molecule has 0 aliphatic carbocycles. The van der Waals surface area contributed by atoms with Gasteiger partial charge in [0.1, 0.15) is 0 Å². The van der Waals surface area contributed by atoms with Gasteiger partial charge in [0.05, 0.1) is 11.7 Å². The van der Waals surface area contributed by atoms with Crippen LogP contribution in [0.15, 0.2) is 55.1 Å². The van der Waals surface area contributed by atoms with Crippen molar-refractivity contribution in [3.63, 3.8) is 0 Å². The summed E-state index contributed by atoms with van der Waals surface area (Å²) in [6, 6.07) is 8.67. The fraction of sp³-hybridized carbons (Fsp3) is 0. The van der Waals surface area contributed by atoms with Crippen molar-refractivity contribution < 1.29 is 9.90 Å². The first-order chi connectivity index (χ1) is 9.75. The molecule has 0 fully saturated rings. The summed E-state index contributed by atoms with van der Waals surface area (Å²) >= 11 is 0. The van der Waals surface area contributed by atoms with Crippen LogP contribution in [0.5, 0.6) is 0 Å². The highest BCUT2D eigenvalue weighted by Gasteiger charge is 2.12. The smallest absolute Gasteiger partial charge is 0.0737 e. The molecule has 3 rings (SSSR count). The number of pyridine rings is 2. The topological polar surface area (TPSA) is 81.7 Å². The van der Waals surface area contributed by atoms with Gasteiger partial charge >= 0.3 is 0 Å². The molecule has 3 aromatic rings. The highest BCUT2D eigenvalue weighted by Crippen LogP contribution is 2.28. The van der Waals surface area contributed by atoms with Gasteiger partial charge in [0.2, 0.25) is 0 Å². The fourth-order valence-corrected chi connectivity index (χ4v) is 2.05. The molecule has 0 aromatic carbocycles. The number of carboxylic acids is 1. The third-order valence-corrected chi connectivity index (χ3v) is 3.00. The maximum Gasteiger partial charge on any atom is 0.0737 e. The zero-order valence-electron chi connectivity index (χ0n) is 10.4. The molecule has 0 spiro atoms. The van der Waals surface area contributed by atoms with E-state index in [1.54, 1.807) is 55.1 Å². The molecule has 5 nitrogen and oxygen atoms in total. The Morgan fingerprint density at radius 3 is 2.05 bits per heavy atom. The van der Waals surface area contributed by atoms with Crippen LogP contribution in [0, 0.1) is 0 Å². The molecule has 0 saturated heterocycles. The monoisotopic (exact) mass is 264 g/mol. The predicted molar refractivity (Wildman–Crippen MR) is 71.6 cm³/mol. The maximum atomic E-state index is 11.3. The third-order valence-electron chi connectivity index (χ3n) is 3.00. The molecule has 0 radical (unpaired) electrons. The van der Waals surface area contributed by atoms with Gasteiger partial charge in [-0.05, 0) is 30.3 Å². The minimum absolute atomic E-state index is 0.128. The van der Waals surface area contributed by atoms with Crippen molar-refractivity contribution in [2.75, 3.05) is 0 Å². The van der Waals surface area contributed by atoms with Crippen LogP contribution < -0.4 is 5.11 Å². The normalized spacial score (nSPS) is 10.4. The van der Waals surface area contributed by atoms with E-state index in [4.69, 9.17) is 0 Å². The molecule has 3 heterocycles. The Kier molecular flexibility index (Phi) is 3.01. The number of H-pyrrole nitrogens is 1. The number of carbonyl (C=O) groups excluding carboxylic acids is 1. The van der Waals surface area contributed by atoms with E-state index in [0.717, 1.165) is 11.1 Å². The highest BCUT2D eigenvalue weighted by atomic mass is 16.4. The molecule has 3 aromatic heterocycles. The predicted octanol–water partition coefficient (Wildman–Crippen LogP) is 1.50. The lowest BCUT2D eigenvalue weighted by molar-refractivity contribution is -0.254. The molecule has 98 valence electrons. The second-order valence-corrected chi connectivity index (χ2v) is 4.23. The Bertz CT molecular complexity index is 736. The molecular formula is C15H10N3O2-. The van der Waals surface area contributed by atoms with Crippen molar-refractivity contribution in [2.24, 2.45) is 0 Å². The largest absolute Gasteiger partial charge is 0.545 e. The summed E-state index contributed by atoms with van der Waals surface area (Å²) in [4.78, 5) is 22.3. The first-order valence-electron chi connectivity index (χ1n) is 6.01. The van der Waals surface area contributed by atoms with E-state index in [-0.39, 0.29) is 5.56 Å². The maximum absolute atomic E-state index is 11.3. The first-order valence-corrected chi connectivity index (χ1v) is 6.01. The molecule has 0 aliphatic heterocycles. The Hall–Kier alpha value is -2.95. The number of rotatable bonds is 3. The minimum Gasteiger partial charge on any atom is -0.545 e. The number of hydrogen-bond acceptors (Lipinski definition) is 4. The summed E-state index contributed by atoms with van der Waals surface area (Å²) < 4.78 is 0. The average molecular weight is 264 g/mol. The SMILES string of the molecule is O=C([O-])c1cc(-c2ccncc2)[nH]c1-c1ccncc1. The number of carboxylic acid groups (broad SMARTS) is 1. The van der Waals surface area contributed by atoms with E-state index >= 15 is 0 Å². The lowest BCUT2D eigenvalue weighted by Gasteiger charge is -2.04. The average Bonchev–Trinajstić information content (AvgIpc) is 2.94. The zero-order chi connectivity index (χ0) is 13.9. The molecule has 1 N–H and O–H groups in total. The van der Waals surface area contributed by atoms with Gasteiger partial charge < -0.3 is 14.9 Å². The van der Waals surface area contributed by atoms with Crippen molar-refractivity contribution >= 4 is 5.97 Å². The van der Waals surface area contributed by atoms with Gasteiger partial charge in [0, 0.05) is 47.2 Å². The lowest BCUT2D eigenvalue weighted by atomic mass is 10.1. The van der Waals surface area contributed by atoms with Crippen molar-refractivity contribution in [3.8, 4) is 22.5 Å². The molecule has 0 atom stereocenters. The quantitative estimate of drug-likeness (QED) is 0.777.